The molecule has 0 aliphatic heterocycles. The van der Waals surface area contributed by atoms with E-state index >= 15 is 0 Å². The third-order valence-corrected chi connectivity index (χ3v) is 4.75. The second-order valence-corrected chi connectivity index (χ2v) is 7.51. The van der Waals surface area contributed by atoms with Crippen molar-refractivity contribution in [3.63, 3.8) is 0 Å². The highest BCUT2D eigenvalue weighted by molar-refractivity contribution is 5.84. The van der Waals surface area contributed by atoms with Crippen LogP contribution in [0.1, 0.15) is 38.7 Å². The van der Waals surface area contributed by atoms with Crippen LogP contribution in [0.5, 0.6) is 23.0 Å². The second-order valence-electron chi connectivity index (χ2n) is 7.51. The Morgan fingerprint density at radius 3 is 2.39 bits per heavy atom. The fourth-order valence-electron chi connectivity index (χ4n) is 2.96. The van der Waals surface area contributed by atoms with Crippen LogP contribution in [0, 0.1) is 0 Å². The lowest BCUT2D eigenvalue weighted by molar-refractivity contribution is -0.127. The Morgan fingerprint density at radius 1 is 0.909 bits per heavy atom. The van der Waals surface area contributed by atoms with Gasteiger partial charge in [0.15, 0.2) is 6.10 Å². The van der Waals surface area contributed by atoms with Gasteiger partial charge in [0.1, 0.15) is 23.0 Å². The first-order chi connectivity index (χ1) is 16.1. The number of hydrazone groups is 1. The van der Waals surface area contributed by atoms with Gasteiger partial charge in [0.2, 0.25) is 0 Å². The minimum Gasteiger partial charge on any atom is -0.494 e. The molecule has 0 spiro atoms. The molecule has 0 aliphatic rings. The first-order valence-electron chi connectivity index (χ1n) is 11.2. The van der Waals surface area contributed by atoms with Crippen molar-refractivity contribution < 1.29 is 19.0 Å². The normalized spacial score (nSPS) is 11.7. The van der Waals surface area contributed by atoms with E-state index in [0.717, 1.165) is 36.3 Å². The summed E-state index contributed by atoms with van der Waals surface area (Å²) in [4.78, 5) is 12.3. The number of unbranched alkanes of at least 4 members (excludes halogenated alkanes) is 2. The summed E-state index contributed by atoms with van der Waals surface area (Å²) in [5.41, 5.74) is 3.31. The standard InChI is InChI=1S/C27H30N2O4/c1-3-4-8-18-31-23-14-16-25(17-15-23)32-21(2)27(30)29-28-20-22-10-9-13-26(19-22)33-24-11-6-5-7-12-24/h5-7,9-17,19-21H,3-4,8,18H2,1-2H3,(H,29,30)/b28-20-/t21-/m0/s1. The molecule has 0 aromatic heterocycles. The molecule has 0 saturated carbocycles. The maximum atomic E-state index is 12.3. The van der Waals surface area contributed by atoms with Crippen LogP contribution in [0.2, 0.25) is 0 Å². The number of hydrogen-bond acceptors (Lipinski definition) is 5. The van der Waals surface area contributed by atoms with Crippen LogP contribution in [0.4, 0.5) is 0 Å². The Morgan fingerprint density at radius 2 is 1.64 bits per heavy atom. The van der Waals surface area contributed by atoms with Gasteiger partial charge < -0.3 is 14.2 Å². The summed E-state index contributed by atoms with van der Waals surface area (Å²) in [7, 11) is 0. The molecular formula is C27H30N2O4. The summed E-state index contributed by atoms with van der Waals surface area (Å²) in [6, 6.07) is 24.2. The highest BCUT2D eigenvalue weighted by Crippen LogP contribution is 2.21. The molecule has 1 N–H and O–H groups in total. The number of nitrogens with zero attached hydrogens (tertiary/aromatic N) is 1. The first-order valence-corrected chi connectivity index (χ1v) is 11.2. The number of amides is 1. The van der Waals surface area contributed by atoms with Crippen molar-refractivity contribution in [2.24, 2.45) is 5.10 Å². The lowest BCUT2D eigenvalue weighted by atomic mass is 10.2. The lowest BCUT2D eigenvalue weighted by Gasteiger charge is -2.13. The van der Waals surface area contributed by atoms with E-state index in [9.17, 15) is 4.79 Å². The Labute approximate surface area is 195 Å². The predicted molar refractivity (Wildman–Crippen MR) is 130 cm³/mol. The van der Waals surface area contributed by atoms with Crippen LogP contribution >= 0.6 is 0 Å². The molecule has 0 heterocycles. The number of rotatable bonds is 12. The number of para-hydroxylation sites is 1. The maximum Gasteiger partial charge on any atom is 0.280 e. The van der Waals surface area contributed by atoms with Gasteiger partial charge in [0.25, 0.3) is 5.91 Å². The molecule has 0 radical (unpaired) electrons. The van der Waals surface area contributed by atoms with Crippen LogP contribution < -0.4 is 19.6 Å². The zero-order valence-electron chi connectivity index (χ0n) is 19.1. The molecule has 33 heavy (non-hydrogen) atoms. The van der Waals surface area contributed by atoms with E-state index in [2.05, 4.69) is 17.5 Å². The van der Waals surface area contributed by atoms with Crippen molar-refractivity contribution >= 4 is 12.1 Å². The van der Waals surface area contributed by atoms with Crippen molar-refractivity contribution in [1.29, 1.82) is 0 Å². The number of nitrogens with one attached hydrogen (secondary N) is 1. The molecule has 0 aliphatic carbocycles. The van der Waals surface area contributed by atoms with Crippen molar-refractivity contribution in [3.05, 3.63) is 84.4 Å². The topological polar surface area (TPSA) is 69.2 Å². The largest absolute Gasteiger partial charge is 0.494 e. The molecule has 6 nitrogen and oxygen atoms in total. The zero-order valence-corrected chi connectivity index (χ0v) is 19.1. The molecule has 0 unspecified atom stereocenters. The first kappa shape index (κ1) is 23.9. The molecule has 1 amide bonds. The summed E-state index contributed by atoms with van der Waals surface area (Å²) in [5.74, 6) is 2.47. The van der Waals surface area contributed by atoms with Gasteiger partial charge in [-0.05, 0) is 67.4 Å². The number of carbonyl (C=O) groups is 1. The molecule has 0 saturated heterocycles. The Bertz CT molecular complexity index is 1020. The van der Waals surface area contributed by atoms with Crippen LogP contribution in [-0.2, 0) is 4.79 Å². The molecule has 3 aromatic carbocycles. The SMILES string of the molecule is CCCCCOc1ccc(O[C@@H](C)C(=O)N/N=C\c2cccc(Oc3ccccc3)c2)cc1. The van der Waals surface area contributed by atoms with Gasteiger partial charge in [-0.1, -0.05) is 50.1 Å². The smallest absolute Gasteiger partial charge is 0.280 e. The number of carbonyl (C=O) groups excluding carboxylic acids is 1. The average Bonchev–Trinajstić information content (AvgIpc) is 2.84. The highest BCUT2D eigenvalue weighted by Gasteiger charge is 2.14. The van der Waals surface area contributed by atoms with Gasteiger partial charge in [-0.3, -0.25) is 4.79 Å². The van der Waals surface area contributed by atoms with Gasteiger partial charge in [0.05, 0.1) is 12.8 Å². The fourth-order valence-corrected chi connectivity index (χ4v) is 2.96. The van der Waals surface area contributed by atoms with Crippen LogP contribution in [-0.4, -0.2) is 24.8 Å². The van der Waals surface area contributed by atoms with E-state index in [-0.39, 0.29) is 5.91 Å². The number of hydrogen-bond donors (Lipinski definition) is 1. The molecule has 3 aromatic rings. The van der Waals surface area contributed by atoms with E-state index in [4.69, 9.17) is 14.2 Å². The van der Waals surface area contributed by atoms with E-state index in [1.807, 2.05) is 66.7 Å². The average molecular weight is 447 g/mol. The maximum absolute atomic E-state index is 12.3. The summed E-state index contributed by atoms with van der Waals surface area (Å²) in [6.07, 6.45) is 4.22. The summed E-state index contributed by atoms with van der Waals surface area (Å²) >= 11 is 0. The molecule has 172 valence electrons. The number of ether oxygens (including phenoxy) is 3. The lowest BCUT2D eigenvalue weighted by Crippen LogP contribution is -2.33. The van der Waals surface area contributed by atoms with E-state index in [1.54, 1.807) is 25.3 Å². The molecular weight excluding hydrogens is 416 g/mol. The van der Waals surface area contributed by atoms with Gasteiger partial charge >= 0.3 is 0 Å². The van der Waals surface area contributed by atoms with Gasteiger partial charge in [-0.2, -0.15) is 5.10 Å². The van der Waals surface area contributed by atoms with Crippen molar-refractivity contribution in [2.75, 3.05) is 6.61 Å². The van der Waals surface area contributed by atoms with E-state index < -0.39 is 6.10 Å². The van der Waals surface area contributed by atoms with E-state index in [0.29, 0.717) is 18.1 Å². The highest BCUT2D eigenvalue weighted by atomic mass is 16.5. The monoisotopic (exact) mass is 446 g/mol. The van der Waals surface area contributed by atoms with Gasteiger partial charge in [0, 0.05) is 0 Å². The Hall–Kier alpha value is -3.80. The molecule has 1 atom stereocenters. The van der Waals surface area contributed by atoms with Gasteiger partial charge in [-0.15, -0.1) is 0 Å². The third kappa shape index (κ3) is 8.33. The minimum atomic E-state index is -0.703. The van der Waals surface area contributed by atoms with Gasteiger partial charge in [-0.25, -0.2) is 5.43 Å². The van der Waals surface area contributed by atoms with Crippen LogP contribution in [0.3, 0.4) is 0 Å². The molecule has 0 fully saturated rings. The second kappa shape index (κ2) is 12.9. The predicted octanol–water partition coefficient (Wildman–Crippen LogP) is 5.97. The van der Waals surface area contributed by atoms with Crippen LogP contribution in [0.25, 0.3) is 0 Å². The van der Waals surface area contributed by atoms with Crippen molar-refractivity contribution in [3.8, 4) is 23.0 Å². The van der Waals surface area contributed by atoms with E-state index in [1.165, 1.54) is 0 Å². The third-order valence-electron chi connectivity index (χ3n) is 4.75. The summed E-state index contributed by atoms with van der Waals surface area (Å²) in [5, 5.41) is 4.04. The quantitative estimate of drug-likeness (QED) is 0.212. The molecule has 0 bridgehead atoms. The zero-order chi connectivity index (χ0) is 23.3. The Balaban J connectivity index is 1.45. The Kier molecular flexibility index (Phi) is 9.33. The summed E-state index contributed by atoms with van der Waals surface area (Å²) < 4.78 is 17.2. The van der Waals surface area contributed by atoms with Crippen molar-refractivity contribution in [2.45, 2.75) is 39.2 Å². The summed E-state index contributed by atoms with van der Waals surface area (Å²) in [6.45, 7) is 4.54. The fraction of sp³-hybridized carbons (Fsp3) is 0.259. The molecule has 3 rings (SSSR count). The minimum absolute atomic E-state index is 0.345. The van der Waals surface area contributed by atoms with Crippen LogP contribution in [0.15, 0.2) is 84.0 Å². The number of benzene rings is 3. The molecule has 6 heteroatoms. The van der Waals surface area contributed by atoms with Crippen molar-refractivity contribution in [1.82, 2.24) is 5.43 Å².